The van der Waals surface area contributed by atoms with Gasteiger partial charge >= 0.3 is 5.69 Å². The highest BCUT2D eigenvalue weighted by molar-refractivity contribution is 5.74. The van der Waals surface area contributed by atoms with E-state index in [1.54, 1.807) is 18.2 Å². The van der Waals surface area contributed by atoms with Gasteiger partial charge in [0, 0.05) is 18.3 Å². The van der Waals surface area contributed by atoms with Crippen LogP contribution >= 0.6 is 0 Å². The van der Waals surface area contributed by atoms with Crippen molar-refractivity contribution in [1.29, 1.82) is 0 Å². The van der Waals surface area contributed by atoms with Crippen LogP contribution in [0.5, 0.6) is 11.5 Å². The number of fused-ring (bicyclic) bond motifs is 1. The molecule has 2 heterocycles. The number of nitrogens with zero attached hydrogens (tertiary/aromatic N) is 3. The van der Waals surface area contributed by atoms with Gasteiger partial charge in [-0.05, 0) is 24.6 Å². The van der Waals surface area contributed by atoms with Crippen LogP contribution in [0.25, 0.3) is 0 Å². The number of rotatable bonds is 6. The van der Waals surface area contributed by atoms with Crippen molar-refractivity contribution in [1.82, 2.24) is 9.97 Å². The molecule has 0 saturated carbocycles. The van der Waals surface area contributed by atoms with Crippen LogP contribution in [0.2, 0.25) is 0 Å². The zero-order chi connectivity index (χ0) is 20.2. The van der Waals surface area contributed by atoms with E-state index >= 15 is 0 Å². The van der Waals surface area contributed by atoms with Crippen molar-refractivity contribution >= 4 is 23.0 Å². The van der Waals surface area contributed by atoms with Crippen LogP contribution < -0.4 is 20.1 Å². The molecular formula is C20H19N5O4. The van der Waals surface area contributed by atoms with Crippen LogP contribution in [-0.4, -0.2) is 28.1 Å². The summed E-state index contributed by atoms with van der Waals surface area (Å²) in [6.45, 7) is 3.36. The fourth-order valence-corrected chi connectivity index (χ4v) is 2.92. The van der Waals surface area contributed by atoms with Crippen molar-refractivity contribution in [3.8, 4) is 11.5 Å². The Hall–Kier alpha value is -3.88. The molecule has 0 radical (unpaired) electrons. The molecule has 4 rings (SSSR count). The fourth-order valence-electron chi connectivity index (χ4n) is 2.92. The summed E-state index contributed by atoms with van der Waals surface area (Å²) in [4.78, 5) is 19.3. The number of anilines is 3. The lowest BCUT2D eigenvalue weighted by atomic mass is 10.1. The van der Waals surface area contributed by atoms with Crippen LogP contribution in [0.4, 0.5) is 23.0 Å². The number of aryl methyl sites for hydroxylation is 1. The quantitative estimate of drug-likeness (QED) is 0.480. The number of hydrogen-bond donors (Lipinski definition) is 2. The molecule has 9 heteroatoms. The van der Waals surface area contributed by atoms with E-state index in [4.69, 9.17) is 9.47 Å². The summed E-state index contributed by atoms with van der Waals surface area (Å²) in [7, 11) is 0. The summed E-state index contributed by atoms with van der Waals surface area (Å²) < 4.78 is 11.0. The average molecular weight is 393 g/mol. The van der Waals surface area contributed by atoms with Crippen molar-refractivity contribution < 1.29 is 14.4 Å². The molecule has 1 aliphatic rings. The van der Waals surface area contributed by atoms with Crippen molar-refractivity contribution in [3.63, 3.8) is 0 Å². The van der Waals surface area contributed by atoms with E-state index in [2.05, 4.69) is 20.6 Å². The summed E-state index contributed by atoms with van der Waals surface area (Å²) in [5, 5.41) is 17.7. The first kappa shape index (κ1) is 18.5. The molecule has 2 aromatic carbocycles. The zero-order valence-corrected chi connectivity index (χ0v) is 15.7. The molecule has 29 heavy (non-hydrogen) atoms. The number of nitrogens with one attached hydrogen (secondary N) is 2. The summed E-state index contributed by atoms with van der Waals surface area (Å²) in [6, 6.07) is 13.1. The minimum Gasteiger partial charge on any atom is -0.486 e. The second kappa shape index (κ2) is 8.01. The first-order chi connectivity index (χ1) is 14.1. The Bertz CT molecular complexity index is 1040. The maximum absolute atomic E-state index is 11.7. The number of ether oxygens (including phenoxy) is 2. The molecule has 0 fully saturated rings. The molecule has 148 valence electrons. The minimum absolute atomic E-state index is 0.0908. The topological polar surface area (TPSA) is 111 Å². The van der Waals surface area contributed by atoms with Crippen molar-refractivity contribution in [2.45, 2.75) is 13.5 Å². The number of nitro groups is 1. The Balaban J connectivity index is 1.58. The van der Waals surface area contributed by atoms with Gasteiger partial charge < -0.3 is 20.1 Å². The second-order valence-corrected chi connectivity index (χ2v) is 6.50. The Morgan fingerprint density at radius 3 is 2.52 bits per heavy atom. The summed E-state index contributed by atoms with van der Waals surface area (Å²) in [6.07, 6.45) is 1.28. The number of aromatic nitrogens is 2. The molecule has 9 nitrogen and oxygen atoms in total. The van der Waals surface area contributed by atoms with Crippen LogP contribution in [0, 0.1) is 17.0 Å². The van der Waals surface area contributed by atoms with Crippen molar-refractivity contribution in [2.75, 3.05) is 23.8 Å². The SMILES string of the molecule is Cc1ccc(CNc2ncnc(Nc3ccc4c(c3)OCCO4)c2[N+](=O)[O-])cc1. The highest BCUT2D eigenvalue weighted by atomic mass is 16.6. The predicted molar refractivity (Wildman–Crippen MR) is 108 cm³/mol. The van der Waals surface area contributed by atoms with E-state index in [0.29, 0.717) is 36.9 Å². The molecular weight excluding hydrogens is 374 g/mol. The normalized spacial score (nSPS) is 12.3. The zero-order valence-electron chi connectivity index (χ0n) is 15.7. The molecule has 0 spiro atoms. The van der Waals surface area contributed by atoms with Gasteiger partial charge in [0.1, 0.15) is 19.5 Å². The lowest BCUT2D eigenvalue weighted by molar-refractivity contribution is -0.383. The van der Waals surface area contributed by atoms with Crippen LogP contribution in [-0.2, 0) is 6.54 Å². The summed E-state index contributed by atoms with van der Waals surface area (Å²) >= 11 is 0. The Morgan fingerprint density at radius 1 is 1.03 bits per heavy atom. The van der Waals surface area contributed by atoms with Gasteiger partial charge in [0.2, 0.25) is 11.6 Å². The molecule has 0 amide bonds. The second-order valence-electron chi connectivity index (χ2n) is 6.50. The minimum atomic E-state index is -0.502. The third-order valence-corrected chi connectivity index (χ3v) is 4.39. The Kier molecular flexibility index (Phi) is 5.10. The molecule has 2 N–H and O–H groups in total. The molecule has 0 aliphatic carbocycles. The first-order valence-corrected chi connectivity index (χ1v) is 9.05. The van der Waals surface area contributed by atoms with Gasteiger partial charge in [-0.15, -0.1) is 0 Å². The molecule has 3 aromatic rings. The summed E-state index contributed by atoms with van der Waals surface area (Å²) in [5.74, 6) is 1.45. The lowest BCUT2D eigenvalue weighted by Crippen LogP contribution is -2.15. The van der Waals surface area contributed by atoms with Gasteiger partial charge in [-0.2, -0.15) is 0 Å². The van der Waals surface area contributed by atoms with E-state index in [9.17, 15) is 10.1 Å². The maximum atomic E-state index is 11.7. The highest BCUT2D eigenvalue weighted by Crippen LogP contribution is 2.36. The highest BCUT2D eigenvalue weighted by Gasteiger charge is 2.23. The Labute approximate surface area is 166 Å². The van der Waals surface area contributed by atoms with Crippen LogP contribution in [0.15, 0.2) is 48.8 Å². The molecule has 0 atom stereocenters. The van der Waals surface area contributed by atoms with Crippen molar-refractivity contribution in [2.24, 2.45) is 0 Å². The molecule has 0 bridgehead atoms. The number of hydrogen-bond acceptors (Lipinski definition) is 8. The predicted octanol–water partition coefficient (Wildman–Crippen LogP) is 3.82. The third kappa shape index (κ3) is 4.18. The van der Waals surface area contributed by atoms with E-state index in [1.165, 1.54) is 6.33 Å². The van der Waals surface area contributed by atoms with Crippen molar-refractivity contribution in [3.05, 3.63) is 70.0 Å². The maximum Gasteiger partial charge on any atom is 0.353 e. The van der Waals surface area contributed by atoms with Gasteiger partial charge in [0.25, 0.3) is 0 Å². The standard InChI is InChI=1S/C20H19N5O4/c1-13-2-4-14(5-3-13)11-21-19-18(25(26)27)20(23-12-22-19)24-15-6-7-16-17(10-15)29-9-8-28-16/h2-7,10,12H,8-9,11H2,1H3,(H2,21,22,23,24). The lowest BCUT2D eigenvalue weighted by Gasteiger charge is -2.19. The van der Waals surface area contributed by atoms with Gasteiger partial charge in [0.05, 0.1) is 4.92 Å². The number of benzene rings is 2. The largest absolute Gasteiger partial charge is 0.486 e. The fraction of sp³-hybridized carbons (Fsp3) is 0.200. The van der Waals surface area contributed by atoms with Gasteiger partial charge in [-0.1, -0.05) is 29.8 Å². The van der Waals surface area contributed by atoms with E-state index in [0.717, 1.165) is 11.1 Å². The van der Waals surface area contributed by atoms with Crippen LogP contribution in [0.3, 0.4) is 0 Å². The molecule has 0 saturated heterocycles. The third-order valence-electron chi connectivity index (χ3n) is 4.39. The first-order valence-electron chi connectivity index (χ1n) is 9.05. The van der Waals surface area contributed by atoms with E-state index in [1.807, 2.05) is 31.2 Å². The average Bonchev–Trinajstić information content (AvgIpc) is 2.73. The summed E-state index contributed by atoms with van der Waals surface area (Å²) in [5.41, 5.74) is 2.51. The smallest absolute Gasteiger partial charge is 0.353 e. The molecule has 0 unspecified atom stereocenters. The van der Waals surface area contributed by atoms with Crippen LogP contribution in [0.1, 0.15) is 11.1 Å². The molecule has 1 aromatic heterocycles. The van der Waals surface area contributed by atoms with Gasteiger partial charge in [-0.3, -0.25) is 10.1 Å². The molecule has 1 aliphatic heterocycles. The monoisotopic (exact) mass is 393 g/mol. The van der Waals surface area contributed by atoms with E-state index in [-0.39, 0.29) is 17.3 Å². The Morgan fingerprint density at radius 2 is 1.76 bits per heavy atom. The van der Waals surface area contributed by atoms with Gasteiger partial charge in [-0.25, -0.2) is 9.97 Å². The van der Waals surface area contributed by atoms with E-state index < -0.39 is 4.92 Å². The van der Waals surface area contributed by atoms with Gasteiger partial charge in [0.15, 0.2) is 11.5 Å².